The number of carbonyl (C=O) groups is 1. The number of hydrogen-bond donors (Lipinski definition) is 0. The van der Waals surface area contributed by atoms with Gasteiger partial charge in [-0.15, -0.1) is 0 Å². The zero-order chi connectivity index (χ0) is 17.3. The van der Waals surface area contributed by atoms with Crippen molar-refractivity contribution in [2.75, 3.05) is 26.7 Å². The fourth-order valence-corrected chi connectivity index (χ4v) is 4.15. The van der Waals surface area contributed by atoms with Crippen LogP contribution >= 0.6 is 0 Å². The van der Waals surface area contributed by atoms with Gasteiger partial charge in [-0.2, -0.15) is 0 Å². The lowest BCUT2D eigenvalue weighted by molar-refractivity contribution is -0.215. The van der Waals surface area contributed by atoms with E-state index >= 15 is 0 Å². The zero-order valence-corrected chi connectivity index (χ0v) is 16.0. The first-order valence-corrected chi connectivity index (χ1v) is 9.39. The highest BCUT2D eigenvalue weighted by Gasteiger charge is 2.50. The lowest BCUT2D eigenvalue weighted by Crippen LogP contribution is -2.64. The molecule has 2 aliphatic rings. The Bertz CT molecular complexity index is 412. The Morgan fingerprint density at radius 3 is 2.43 bits per heavy atom. The van der Waals surface area contributed by atoms with Crippen molar-refractivity contribution in [3.05, 3.63) is 0 Å². The molecule has 0 unspecified atom stereocenters. The fourth-order valence-electron chi connectivity index (χ4n) is 4.15. The van der Waals surface area contributed by atoms with Gasteiger partial charge in [0.15, 0.2) is 0 Å². The van der Waals surface area contributed by atoms with Crippen LogP contribution in [0.4, 0.5) is 0 Å². The van der Waals surface area contributed by atoms with Gasteiger partial charge >= 0.3 is 0 Å². The van der Waals surface area contributed by atoms with E-state index in [9.17, 15) is 4.79 Å². The van der Waals surface area contributed by atoms with Crippen molar-refractivity contribution < 1.29 is 9.53 Å². The zero-order valence-electron chi connectivity index (χ0n) is 16.0. The van der Waals surface area contributed by atoms with E-state index in [0.717, 1.165) is 31.8 Å². The smallest absolute Gasteiger partial charge is 0.254 e. The number of ether oxygens (including phenoxy) is 1. The molecule has 1 saturated heterocycles. The van der Waals surface area contributed by atoms with Gasteiger partial charge in [-0.1, -0.05) is 13.8 Å². The number of carbonyl (C=O) groups excluding carboxylic acids is 1. The van der Waals surface area contributed by atoms with Gasteiger partial charge in [0, 0.05) is 19.1 Å². The average Bonchev–Trinajstić information content (AvgIpc) is 2.49. The van der Waals surface area contributed by atoms with E-state index < -0.39 is 5.60 Å². The van der Waals surface area contributed by atoms with Gasteiger partial charge in [0.1, 0.15) is 5.60 Å². The van der Waals surface area contributed by atoms with Crippen LogP contribution in [0, 0.1) is 5.92 Å². The maximum atomic E-state index is 12.4. The van der Waals surface area contributed by atoms with Gasteiger partial charge in [0.25, 0.3) is 5.91 Å². The number of hydrogen-bond acceptors (Lipinski definition) is 3. The summed E-state index contributed by atoms with van der Waals surface area (Å²) in [7, 11) is 2.26. The second kappa shape index (κ2) is 7.10. The SMILES string of the molecule is CCN1C[C@]2(CC[C@H](N(C)CCC(C)C)CC2)OC(C)(C)C1=O. The molecule has 134 valence electrons. The summed E-state index contributed by atoms with van der Waals surface area (Å²) in [6.07, 6.45) is 5.75. The van der Waals surface area contributed by atoms with Crippen LogP contribution in [0.3, 0.4) is 0 Å². The Morgan fingerprint density at radius 2 is 1.91 bits per heavy atom. The summed E-state index contributed by atoms with van der Waals surface area (Å²) >= 11 is 0. The van der Waals surface area contributed by atoms with E-state index in [1.165, 1.54) is 25.8 Å². The lowest BCUT2D eigenvalue weighted by Gasteiger charge is -2.52. The van der Waals surface area contributed by atoms with Crippen LogP contribution in [0.1, 0.15) is 66.7 Å². The van der Waals surface area contributed by atoms with Gasteiger partial charge in [0.2, 0.25) is 0 Å². The van der Waals surface area contributed by atoms with E-state index in [4.69, 9.17) is 4.74 Å². The predicted molar refractivity (Wildman–Crippen MR) is 94.5 cm³/mol. The molecule has 0 aromatic rings. The Labute approximate surface area is 142 Å². The summed E-state index contributed by atoms with van der Waals surface area (Å²) in [5.41, 5.74) is -0.798. The van der Waals surface area contributed by atoms with Crippen molar-refractivity contribution in [2.24, 2.45) is 5.92 Å². The first-order chi connectivity index (χ1) is 10.7. The van der Waals surface area contributed by atoms with Crippen molar-refractivity contribution in [1.82, 2.24) is 9.80 Å². The van der Waals surface area contributed by atoms with E-state index in [1.807, 2.05) is 18.7 Å². The first-order valence-electron chi connectivity index (χ1n) is 9.39. The summed E-state index contributed by atoms with van der Waals surface area (Å²) < 4.78 is 6.36. The molecule has 0 atom stereocenters. The van der Waals surface area contributed by atoms with Gasteiger partial charge < -0.3 is 14.5 Å². The summed E-state index contributed by atoms with van der Waals surface area (Å²) in [4.78, 5) is 16.9. The van der Waals surface area contributed by atoms with Crippen molar-refractivity contribution in [3.63, 3.8) is 0 Å². The summed E-state index contributed by atoms with van der Waals surface area (Å²) in [6, 6.07) is 0.666. The normalized spacial score (nSPS) is 31.4. The highest BCUT2D eigenvalue weighted by Crippen LogP contribution is 2.40. The molecule has 2 fully saturated rings. The molecule has 1 heterocycles. The fraction of sp³-hybridized carbons (Fsp3) is 0.947. The third-order valence-electron chi connectivity index (χ3n) is 5.68. The van der Waals surface area contributed by atoms with Crippen molar-refractivity contribution in [2.45, 2.75) is 84.0 Å². The minimum atomic E-state index is -0.676. The van der Waals surface area contributed by atoms with Crippen LogP contribution < -0.4 is 0 Å². The summed E-state index contributed by atoms with van der Waals surface area (Å²) in [5.74, 6) is 0.904. The Balaban J connectivity index is 1.95. The molecular formula is C19H36N2O2. The molecule has 1 spiro atoms. The molecule has 23 heavy (non-hydrogen) atoms. The monoisotopic (exact) mass is 324 g/mol. The first kappa shape index (κ1) is 18.7. The number of rotatable bonds is 5. The minimum absolute atomic E-state index is 0.122. The molecule has 0 N–H and O–H groups in total. The topological polar surface area (TPSA) is 32.8 Å². The minimum Gasteiger partial charge on any atom is -0.357 e. The molecular weight excluding hydrogens is 288 g/mol. The van der Waals surface area contributed by atoms with Crippen LogP contribution in [0.2, 0.25) is 0 Å². The molecule has 1 aliphatic heterocycles. The number of likely N-dealkylation sites (N-methyl/N-ethyl adjacent to an activating group) is 1. The van der Waals surface area contributed by atoms with E-state index in [1.54, 1.807) is 0 Å². The number of nitrogens with zero attached hydrogens (tertiary/aromatic N) is 2. The van der Waals surface area contributed by atoms with Crippen LogP contribution in [0.15, 0.2) is 0 Å². The van der Waals surface area contributed by atoms with Gasteiger partial charge in [-0.25, -0.2) is 0 Å². The maximum Gasteiger partial charge on any atom is 0.254 e. The second-order valence-electron chi connectivity index (χ2n) is 8.51. The van der Waals surface area contributed by atoms with Gasteiger partial charge in [-0.05, 0) is 72.4 Å². The molecule has 0 radical (unpaired) electrons. The molecule has 0 aromatic heterocycles. The van der Waals surface area contributed by atoms with Crippen molar-refractivity contribution in [3.8, 4) is 0 Å². The molecule has 1 amide bonds. The van der Waals surface area contributed by atoms with Crippen molar-refractivity contribution in [1.29, 1.82) is 0 Å². The molecule has 1 aliphatic carbocycles. The van der Waals surface area contributed by atoms with Crippen molar-refractivity contribution >= 4 is 5.91 Å². The standard InChI is InChI=1S/C19H36N2O2/c1-7-21-14-19(23-18(4,5)17(21)22)11-8-16(9-12-19)20(6)13-10-15(2)3/h15-16H,7-14H2,1-6H3/t16-,19+. The molecule has 0 bridgehead atoms. The Morgan fingerprint density at radius 1 is 1.30 bits per heavy atom. The van der Waals surface area contributed by atoms with Gasteiger partial charge in [-0.3, -0.25) is 4.79 Å². The summed E-state index contributed by atoms with van der Waals surface area (Å²) in [5, 5.41) is 0. The van der Waals surface area contributed by atoms with Crippen LogP contribution in [-0.2, 0) is 9.53 Å². The third kappa shape index (κ3) is 4.27. The highest BCUT2D eigenvalue weighted by molar-refractivity contribution is 5.85. The maximum absolute atomic E-state index is 12.4. The van der Waals surface area contributed by atoms with Crippen LogP contribution in [0.5, 0.6) is 0 Å². The largest absolute Gasteiger partial charge is 0.357 e. The Hall–Kier alpha value is -0.610. The molecule has 4 nitrogen and oxygen atoms in total. The Kier molecular flexibility index (Phi) is 5.78. The molecule has 2 rings (SSSR count). The van der Waals surface area contributed by atoms with Gasteiger partial charge in [0.05, 0.1) is 5.60 Å². The predicted octanol–water partition coefficient (Wildman–Crippen LogP) is 3.30. The summed E-state index contributed by atoms with van der Waals surface area (Å²) in [6.45, 7) is 13.2. The molecule has 1 saturated carbocycles. The molecule has 0 aromatic carbocycles. The quantitative estimate of drug-likeness (QED) is 0.778. The average molecular weight is 325 g/mol. The van der Waals surface area contributed by atoms with E-state index in [-0.39, 0.29) is 11.5 Å². The number of amides is 1. The van der Waals surface area contributed by atoms with Crippen LogP contribution in [0.25, 0.3) is 0 Å². The molecule has 4 heteroatoms. The van der Waals surface area contributed by atoms with E-state index in [2.05, 4.69) is 32.7 Å². The third-order valence-corrected chi connectivity index (χ3v) is 5.68. The van der Waals surface area contributed by atoms with Crippen LogP contribution in [-0.4, -0.2) is 59.6 Å². The highest BCUT2D eigenvalue weighted by atomic mass is 16.5. The second-order valence-corrected chi connectivity index (χ2v) is 8.51. The van der Waals surface area contributed by atoms with E-state index in [0.29, 0.717) is 6.04 Å². The number of morpholine rings is 1. The lowest BCUT2D eigenvalue weighted by atomic mass is 9.79.